The number of hydrogen-bond acceptors (Lipinski definition) is 5. The number of carbonyl (C=O) groups excluding carboxylic acids is 1. The molecule has 0 fully saturated rings. The molecule has 7 heteroatoms. The molecule has 0 aromatic carbocycles. The fourth-order valence-corrected chi connectivity index (χ4v) is 2.26. The highest BCUT2D eigenvalue weighted by molar-refractivity contribution is 5.91. The van der Waals surface area contributed by atoms with Crippen LogP contribution in [0.5, 0.6) is 0 Å². The first-order valence-electron chi connectivity index (χ1n) is 6.25. The summed E-state index contributed by atoms with van der Waals surface area (Å²) in [5.74, 6) is 1.88. The van der Waals surface area contributed by atoms with E-state index in [2.05, 4.69) is 19.9 Å². The second kappa shape index (κ2) is 4.49. The van der Waals surface area contributed by atoms with E-state index in [1.165, 1.54) is 0 Å². The first-order valence-corrected chi connectivity index (χ1v) is 6.25. The zero-order valence-electron chi connectivity index (χ0n) is 11.0. The van der Waals surface area contributed by atoms with Crippen molar-refractivity contribution in [3.05, 3.63) is 29.2 Å². The molecule has 7 nitrogen and oxygen atoms in total. The second-order valence-corrected chi connectivity index (χ2v) is 4.78. The van der Waals surface area contributed by atoms with Crippen molar-refractivity contribution in [1.82, 2.24) is 24.8 Å². The zero-order valence-corrected chi connectivity index (χ0v) is 11.0. The number of amides is 1. The normalized spacial score (nSPS) is 13.6. The van der Waals surface area contributed by atoms with Gasteiger partial charge in [0, 0.05) is 26.1 Å². The Morgan fingerprint density at radius 2 is 2.37 bits per heavy atom. The lowest BCUT2D eigenvalue weighted by molar-refractivity contribution is 0.0738. The first-order chi connectivity index (χ1) is 9.15. The highest BCUT2D eigenvalue weighted by Gasteiger charge is 2.22. The van der Waals surface area contributed by atoms with Gasteiger partial charge in [0.15, 0.2) is 5.82 Å². The van der Waals surface area contributed by atoms with Crippen LogP contribution < -0.4 is 0 Å². The molecule has 100 valence electrons. The highest BCUT2D eigenvalue weighted by atomic mass is 16.5. The number of aromatic nitrogens is 4. The molecule has 1 aliphatic heterocycles. The van der Waals surface area contributed by atoms with Crippen LogP contribution in [0.25, 0.3) is 0 Å². The second-order valence-electron chi connectivity index (χ2n) is 4.78. The molecule has 0 unspecified atom stereocenters. The van der Waals surface area contributed by atoms with Crippen LogP contribution in [0.1, 0.15) is 34.3 Å². The molecule has 2 aromatic rings. The van der Waals surface area contributed by atoms with Crippen LogP contribution in [-0.4, -0.2) is 37.8 Å². The van der Waals surface area contributed by atoms with Gasteiger partial charge in [-0.2, -0.15) is 0 Å². The maximum absolute atomic E-state index is 12.1. The minimum Gasteiger partial charge on any atom is -0.351 e. The number of aryl methyl sites for hydroxylation is 2. The third-order valence-corrected chi connectivity index (χ3v) is 3.25. The van der Waals surface area contributed by atoms with Gasteiger partial charge in [-0.05, 0) is 13.3 Å². The molecule has 0 radical (unpaired) electrons. The Balaban J connectivity index is 1.74. The predicted molar refractivity (Wildman–Crippen MR) is 65.4 cm³/mol. The van der Waals surface area contributed by atoms with E-state index in [0.29, 0.717) is 12.2 Å². The van der Waals surface area contributed by atoms with E-state index in [-0.39, 0.29) is 11.7 Å². The molecule has 1 aliphatic rings. The molecule has 1 amide bonds. The Kier molecular flexibility index (Phi) is 2.81. The molecule has 0 spiro atoms. The molecule has 0 bridgehead atoms. The third-order valence-electron chi connectivity index (χ3n) is 3.25. The number of fused-ring (bicyclic) bond motifs is 1. The Morgan fingerprint density at radius 3 is 3.11 bits per heavy atom. The fraction of sp³-hybridized carbons (Fsp3) is 0.500. The molecule has 0 saturated heterocycles. The largest absolute Gasteiger partial charge is 0.351 e. The van der Waals surface area contributed by atoms with E-state index in [9.17, 15) is 4.79 Å². The third kappa shape index (κ3) is 2.11. The molecular formula is C12H15N5O2. The summed E-state index contributed by atoms with van der Waals surface area (Å²) in [6.45, 7) is 3.14. The van der Waals surface area contributed by atoms with Gasteiger partial charge in [-0.3, -0.25) is 4.79 Å². The van der Waals surface area contributed by atoms with Crippen molar-refractivity contribution in [3.63, 3.8) is 0 Å². The van der Waals surface area contributed by atoms with E-state index in [1.54, 1.807) is 24.9 Å². The average Bonchev–Trinajstić information content (AvgIpc) is 3.06. The van der Waals surface area contributed by atoms with Crippen molar-refractivity contribution in [2.24, 2.45) is 0 Å². The van der Waals surface area contributed by atoms with Crippen molar-refractivity contribution < 1.29 is 9.32 Å². The molecule has 0 atom stereocenters. The summed E-state index contributed by atoms with van der Waals surface area (Å²) >= 11 is 0. The molecule has 0 aliphatic carbocycles. The fourth-order valence-electron chi connectivity index (χ4n) is 2.26. The smallest absolute Gasteiger partial charge is 0.292 e. The van der Waals surface area contributed by atoms with Gasteiger partial charge in [-0.15, -0.1) is 10.2 Å². The maximum atomic E-state index is 12.1. The predicted octanol–water partition coefficient (Wildman–Crippen LogP) is 0.793. The molecular weight excluding hydrogens is 246 g/mol. The molecule has 0 saturated carbocycles. The van der Waals surface area contributed by atoms with Gasteiger partial charge < -0.3 is 14.0 Å². The Morgan fingerprint density at radius 1 is 1.53 bits per heavy atom. The van der Waals surface area contributed by atoms with Crippen LogP contribution in [0.2, 0.25) is 0 Å². The van der Waals surface area contributed by atoms with E-state index >= 15 is 0 Å². The lowest BCUT2D eigenvalue weighted by Gasteiger charge is -2.14. The first kappa shape index (κ1) is 11.9. The summed E-state index contributed by atoms with van der Waals surface area (Å²) in [5, 5.41) is 12.0. The van der Waals surface area contributed by atoms with E-state index in [0.717, 1.165) is 31.0 Å². The van der Waals surface area contributed by atoms with Crippen LogP contribution in [0, 0.1) is 6.92 Å². The molecule has 2 aromatic heterocycles. The summed E-state index contributed by atoms with van der Waals surface area (Å²) in [6, 6.07) is 1.63. The Bertz CT molecular complexity index is 615. The van der Waals surface area contributed by atoms with Gasteiger partial charge in [0.05, 0.1) is 12.2 Å². The number of nitrogens with zero attached hydrogens (tertiary/aromatic N) is 5. The number of carbonyl (C=O) groups is 1. The summed E-state index contributed by atoms with van der Waals surface area (Å²) in [5.41, 5.74) is 0.695. The number of rotatable bonds is 3. The summed E-state index contributed by atoms with van der Waals surface area (Å²) < 4.78 is 7.05. The summed E-state index contributed by atoms with van der Waals surface area (Å²) in [4.78, 5) is 13.7. The van der Waals surface area contributed by atoms with Crippen molar-refractivity contribution in [1.29, 1.82) is 0 Å². The lowest BCUT2D eigenvalue weighted by Crippen LogP contribution is -2.27. The average molecular weight is 261 g/mol. The Labute approximate surface area is 110 Å². The van der Waals surface area contributed by atoms with Crippen LogP contribution in [-0.2, 0) is 19.5 Å². The van der Waals surface area contributed by atoms with Crippen LogP contribution in [0.15, 0.2) is 10.6 Å². The molecule has 3 heterocycles. The standard InChI is InChI=1S/C12H15N5O2/c1-8-6-9(19-15-8)12(18)16(2)7-11-14-13-10-4-3-5-17(10)11/h6H,3-5,7H2,1-2H3. The van der Waals surface area contributed by atoms with Gasteiger partial charge in [-0.1, -0.05) is 5.16 Å². The van der Waals surface area contributed by atoms with Gasteiger partial charge in [0.25, 0.3) is 5.91 Å². The molecule has 3 rings (SSSR count). The van der Waals surface area contributed by atoms with E-state index in [4.69, 9.17) is 4.52 Å². The van der Waals surface area contributed by atoms with Crippen molar-refractivity contribution in [3.8, 4) is 0 Å². The SMILES string of the molecule is Cc1cc(C(=O)N(C)Cc2nnc3n2CCC3)on1. The van der Waals surface area contributed by atoms with Crippen molar-refractivity contribution in [2.75, 3.05) is 7.05 Å². The monoisotopic (exact) mass is 261 g/mol. The van der Waals surface area contributed by atoms with Gasteiger partial charge >= 0.3 is 0 Å². The molecule has 0 N–H and O–H groups in total. The van der Waals surface area contributed by atoms with Crippen LogP contribution in [0.3, 0.4) is 0 Å². The summed E-state index contributed by atoms with van der Waals surface area (Å²) in [7, 11) is 1.72. The maximum Gasteiger partial charge on any atom is 0.292 e. The highest BCUT2D eigenvalue weighted by Crippen LogP contribution is 2.15. The number of hydrogen-bond donors (Lipinski definition) is 0. The zero-order chi connectivity index (χ0) is 13.4. The minimum absolute atomic E-state index is 0.198. The topological polar surface area (TPSA) is 77.0 Å². The van der Waals surface area contributed by atoms with Gasteiger partial charge in [0.1, 0.15) is 5.82 Å². The van der Waals surface area contributed by atoms with Crippen LogP contribution in [0.4, 0.5) is 0 Å². The van der Waals surface area contributed by atoms with Crippen molar-refractivity contribution >= 4 is 5.91 Å². The Hall–Kier alpha value is -2.18. The van der Waals surface area contributed by atoms with Crippen molar-refractivity contribution in [2.45, 2.75) is 32.9 Å². The molecule has 19 heavy (non-hydrogen) atoms. The minimum atomic E-state index is -0.198. The van der Waals surface area contributed by atoms with E-state index in [1.807, 2.05) is 0 Å². The summed E-state index contributed by atoms with van der Waals surface area (Å²) in [6.07, 6.45) is 2.06. The van der Waals surface area contributed by atoms with Gasteiger partial charge in [-0.25, -0.2) is 0 Å². The van der Waals surface area contributed by atoms with E-state index < -0.39 is 0 Å². The van der Waals surface area contributed by atoms with Gasteiger partial charge in [0.2, 0.25) is 5.76 Å². The van der Waals surface area contributed by atoms with Crippen LogP contribution >= 0.6 is 0 Å². The quantitative estimate of drug-likeness (QED) is 0.816. The lowest BCUT2D eigenvalue weighted by atomic mass is 10.3.